The van der Waals surface area contributed by atoms with Gasteiger partial charge in [-0.2, -0.15) is 13.2 Å². The van der Waals surface area contributed by atoms with Crippen LogP contribution in [0.1, 0.15) is 41.0 Å². The first-order chi connectivity index (χ1) is 12.9. The number of halogens is 3. The van der Waals surface area contributed by atoms with E-state index in [1.54, 1.807) is 17.0 Å². The highest BCUT2D eigenvalue weighted by atomic mass is 19.4. The van der Waals surface area contributed by atoms with Gasteiger partial charge in [-0.3, -0.25) is 9.79 Å². The molecule has 140 valence electrons. The van der Waals surface area contributed by atoms with Crippen LogP contribution in [0.4, 0.5) is 13.2 Å². The summed E-state index contributed by atoms with van der Waals surface area (Å²) in [6.45, 7) is 1.39. The topological polar surface area (TPSA) is 32.7 Å². The molecule has 4 rings (SSSR count). The van der Waals surface area contributed by atoms with Crippen LogP contribution in [0, 0.1) is 0 Å². The normalized spacial score (nSPS) is 17.6. The van der Waals surface area contributed by atoms with E-state index in [1.807, 2.05) is 24.3 Å². The number of likely N-dealkylation sites (tertiary alicyclic amines) is 1. The number of rotatable bonds is 2. The number of amides is 1. The molecule has 0 saturated carbocycles. The lowest BCUT2D eigenvalue weighted by atomic mass is 9.86. The van der Waals surface area contributed by atoms with Crippen molar-refractivity contribution in [2.75, 3.05) is 13.1 Å². The maximum absolute atomic E-state index is 13.3. The smallest absolute Gasteiger partial charge is 0.337 e. The molecule has 2 aliphatic rings. The molecule has 0 unspecified atom stereocenters. The Hall–Kier alpha value is -2.63. The quantitative estimate of drug-likeness (QED) is 0.768. The summed E-state index contributed by atoms with van der Waals surface area (Å²) in [5.74, 6) is -0.313. The fourth-order valence-electron chi connectivity index (χ4n) is 3.98. The molecule has 0 aromatic heterocycles. The number of piperidine rings is 1. The Labute approximate surface area is 155 Å². The van der Waals surface area contributed by atoms with Crippen molar-refractivity contribution in [3.63, 3.8) is 0 Å². The van der Waals surface area contributed by atoms with Crippen LogP contribution < -0.4 is 0 Å². The molecule has 6 heteroatoms. The Morgan fingerprint density at radius 2 is 1.67 bits per heavy atom. The van der Waals surface area contributed by atoms with Gasteiger partial charge < -0.3 is 4.90 Å². The van der Waals surface area contributed by atoms with Crippen LogP contribution in [0.3, 0.4) is 0 Å². The molecule has 0 spiro atoms. The van der Waals surface area contributed by atoms with Crippen LogP contribution in [0.25, 0.3) is 0 Å². The number of alkyl halides is 3. The average molecular weight is 372 g/mol. The standard InChI is InChI=1S/C21H19F3N2O/c22-21(23,24)18-8-4-3-6-16(18)14-9-11-26(12-10-14)20(27)19-17-7-2-1-5-15(17)13-25-19/h1-8,14H,9-13H2. The van der Waals surface area contributed by atoms with E-state index in [4.69, 9.17) is 0 Å². The Bertz CT molecular complexity index is 896. The van der Waals surface area contributed by atoms with Gasteiger partial charge in [-0.15, -0.1) is 0 Å². The fourth-order valence-corrected chi connectivity index (χ4v) is 3.98. The minimum atomic E-state index is -4.36. The largest absolute Gasteiger partial charge is 0.416 e. The van der Waals surface area contributed by atoms with Crippen LogP contribution in [-0.4, -0.2) is 29.6 Å². The number of hydrogen-bond acceptors (Lipinski definition) is 2. The van der Waals surface area contributed by atoms with Crippen LogP contribution in [0.2, 0.25) is 0 Å². The Morgan fingerprint density at radius 1 is 1.00 bits per heavy atom. The summed E-state index contributed by atoms with van der Waals surface area (Å²) in [5.41, 5.74) is 2.14. The van der Waals surface area contributed by atoms with Crippen LogP contribution in [-0.2, 0) is 17.5 Å². The summed E-state index contributed by atoms with van der Waals surface area (Å²) in [6.07, 6.45) is -3.31. The lowest BCUT2D eigenvalue weighted by molar-refractivity contribution is -0.138. The van der Waals surface area contributed by atoms with Gasteiger partial charge in [0.1, 0.15) is 5.71 Å². The van der Waals surface area contributed by atoms with Crippen molar-refractivity contribution >= 4 is 11.6 Å². The maximum atomic E-state index is 13.3. The number of aliphatic imine (C=N–C) groups is 1. The maximum Gasteiger partial charge on any atom is 0.416 e. The predicted molar refractivity (Wildman–Crippen MR) is 96.7 cm³/mol. The molecule has 3 nitrogen and oxygen atoms in total. The van der Waals surface area contributed by atoms with E-state index in [0.717, 1.165) is 17.2 Å². The van der Waals surface area contributed by atoms with Crippen molar-refractivity contribution in [1.29, 1.82) is 0 Å². The molecule has 0 N–H and O–H groups in total. The highest BCUT2D eigenvalue weighted by Crippen LogP contribution is 2.38. The van der Waals surface area contributed by atoms with E-state index in [2.05, 4.69) is 4.99 Å². The monoisotopic (exact) mass is 372 g/mol. The second-order valence-electron chi connectivity index (χ2n) is 6.97. The average Bonchev–Trinajstić information content (AvgIpc) is 3.11. The van der Waals surface area contributed by atoms with E-state index in [-0.39, 0.29) is 11.8 Å². The van der Waals surface area contributed by atoms with Crippen molar-refractivity contribution in [3.8, 4) is 0 Å². The second-order valence-corrected chi connectivity index (χ2v) is 6.97. The number of carbonyl (C=O) groups is 1. The highest BCUT2D eigenvalue weighted by molar-refractivity contribution is 6.46. The van der Waals surface area contributed by atoms with Gasteiger partial charge in [0, 0.05) is 18.7 Å². The molecule has 0 radical (unpaired) electrons. The number of carbonyl (C=O) groups excluding carboxylic acids is 1. The molecule has 2 heterocycles. The summed E-state index contributed by atoms with van der Waals surface area (Å²) in [4.78, 5) is 18.9. The minimum absolute atomic E-state index is 0.123. The molecular formula is C21H19F3N2O. The van der Waals surface area contributed by atoms with Crippen molar-refractivity contribution < 1.29 is 18.0 Å². The zero-order valence-corrected chi connectivity index (χ0v) is 14.7. The zero-order valence-electron chi connectivity index (χ0n) is 14.7. The third kappa shape index (κ3) is 3.36. The summed E-state index contributed by atoms with van der Waals surface area (Å²) in [6, 6.07) is 13.4. The van der Waals surface area contributed by atoms with E-state index >= 15 is 0 Å². The lowest BCUT2D eigenvalue weighted by Crippen LogP contribution is -2.41. The van der Waals surface area contributed by atoms with E-state index in [9.17, 15) is 18.0 Å². The molecule has 0 bridgehead atoms. The minimum Gasteiger partial charge on any atom is -0.337 e. The number of nitrogens with zero attached hydrogens (tertiary/aromatic N) is 2. The van der Waals surface area contributed by atoms with E-state index < -0.39 is 11.7 Å². The Kier molecular flexibility index (Phi) is 4.50. The molecule has 27 heavy (non-hydrogen) atoms. The number of benzene rings is 2. The van der Waals surface area contributed by atoms with Crippen LogP contribution in [0.5, 0.6) is 0 Å². The van der Waals surface area contributed by atoms with Gasteiger partial charge in [0.25, 0.3) is 5.91 Å². The summed E-state index contributed by atoms with van der Waals surface area (Å²) < 4.78 is 39.8. The SMILES string of the molecule is O=C(C1=NCc2ccccc21)N1CCC(c2ccccc2C(F)(F)F)CC1. The first-order valence-electron chi connectivity index (χ1n) is 9.03. The van der Waals surface area contributed by atoms with Gasteiger partial charge >= 0.3 is 6.18 Å². The molecule has 1 fully saturated rings. The molecule has 1 saturated heterocycles. The summed E-state index contributed by atoms with van der Waals surface area (Å²) >= 11 is 0. The highest BCUT2D eigenvalue weighted by Gasteiger charge is 2.36. The molecule has 2 aromatic carbocycles. The predicted octanol–water partition coefficient (Wildman–Crippen LogP) is 4.41. The third-order valence-electron chi connectivity index (χ3n) is 5.37. The molecule has 2 aromatic rings. The Morgan fingerprint density at radius 3 is 2.41 bits per heavy atom. The molecule has 0 aliphatic carbocycles. The van der Waals surface area contributed by atoms with Crippen molar-refractivity contribution in [3.05, 3.63) is 70.8 Å². The summed E-state index contributed by atoms with van der Waals surface area (Å²) in [7, 11) is 0. The first-order valence-corrected chi connectivity index (χ1v) is 9.03. The fraction of sp³-hybridized carbons (Fsp3) is 0.333. The van der Waals surface area contributed by atoms with Gasteiger partial charge in [-0.25, -0.2) is 0 Å². The van der Waals surface area contributed by atoms with E-state index in [1.165, 1.54) is 6.07 Å². The number of fused-ring (bicyclic) bond motifs is 1. The Balaban J connectivity index is 1.47. The van der Waals surface area contributed by atoms with Gasteiger partial charge in [0.2, 0.25) is 0 Å². The number of hydrogen-bond donors (Lipinski definition) is 0. The summed E-state index contributed by atoms with van der Waals surface area (Å²) in [5, 5.41) is 0. The van der Waals surface area contributed by atoms with Crippen molar-refractivity contribution in [1.82, 2.24) is 4.90 Å². The second kappa shape index (κ2) is 6.83. The van der Waals surface area contributed by atoms with Gasteiger partial charge in [-0.05, 0) is 36.0 Å². The van der Waals surface area contributed by atoms with E-state index in [0.29, 0.717) is 43.8 Å². The molecule has 1 amide bonds. The van der Waals surface area contributed by atoms with Gasteiger partial charge in [-0.1, -0.05) is 42.5 Å². The van der Waals surface area contributed by atoms with Crippen LogP contribution in [0.15, 0.2) is 53.5 Å². The zero-order chi connectivity index (χ0) is 19.0. The van der Waals surface area contributed by atoms with Crippen molar-refractivity contribution in [2.45, 2.75) is 31.5 Å². The van der Waals surface area contributed by atoms with Crippen molar-refractivity contribution in [2.24, 2.45) is 4.99 Å². The molecule has 2 aliphatic heterocycles. The lowest BCUT2D eigenvalue weighted by Gasteiger charge is -2.33. The molecular weight excluding hydrogens is 353 g/mol. The van der Waals surface area contributed by atoms with Crippen LogP contribution >= 0.6 is 0 Å². The molecule has 0 atom stereocenters. The van der Waals surface area contributed by atoms with Gasteiger partial charge in [0.05, 0.1) is 12.1 Å². The first kappa shape index (κ1) is 17.8. The van der Waals surface area contributed by atoms with Gasteiger partial charge in [0.15, 0.2) is 0 Å². The third-order valence-corrected chi connectivity index (χ3v) is 5.37.